The summed E-state index contributed by atoms with van der Waals surface area (Å²) in [5, 5.41) is 13.7. The van der Waals surface area contributed by atoms with Gasteiger partial charge in [-0.25, -0.2) is 0 Å². The second kappa shape index (κ2) is 7.78. The Morgan fingerprint density at radius 3 is 2.74 bits per heavy atom. The molecule has 6 heteroatoms. The molecule has 0 saturated heterocycles. The molecule has 0 atom stereocenters. The quantitative estimate of drug-likeness (QED) is 0.360. The molecule has 0 radical (unpaired) electrons. The van der Waals surface area contributed by atoms with Crippen LogP contribution in [0.2, 0.25) is 0 Å². The van der Waals surface area contributed by atoms with Gasteiger partial charge in [-0.3, -0.25) is 14.9 Å². The molecule has 0 aliphatic rings. The first-order valence-electron chi connectivity index (χ1n) is 6.20. The fourth-order valence-electron chi connectivity index (χ4n) is 1.65. The summed E-state index contributed by atoms with van der Waals surface area (Å²) in [7, 11) is 0. The van der Waals surface area contributed by atoms with Crippen LogP contribution in [-0.2, 0) is 0 Å². The number of rotatable bonds is 7. The summed E-state index contributed by atoms with van der Waals surface area (Å²) in [5.74, 6) is -0.258. The number of unbranched alkanes of at least 4 members (excludes halogenated alkanes) is 2. The molecule has 0 heterocycles. The highest BCUT2D eigenvalue weighted by Gasteiger charge is 2.16. The summed E-state index contributed by atoms with van der Waals surface area (Å²) < 4.78 is 0. The number of amides is 1. The van der Waals surface area contributed by atoms with Crippen LogP contribution in [-0.4, -0.2) is 23.6 Å². The number of nitro groups is 1. The Balaban J connectivity index is 2.75. The van der Waals surface area contributed by atoms with Gasteiger partial charge in [-0.15, -0.1) is 11.8 Å². The van der Waals surface area contributed by atoms with E-state index in [-0.39, 0.29) is 11.6 Å². The van der Waals surface area contributed by atoms with Gasteiger partial charge in [0, 0.05) is 18.2 Å². The molecular weight excluding hydrogens is 264 g/mol. The van der Waals surface area contributed by atoms with Crippen LogP contribution in [0.4, 0.5) is 5.69 Å². The van der Waals surface area contributed by atoms with Gasteiger partial charge in [0.2, 0.25) is 0 Å². The van der Waals surface area contributed by atoms with E-state index in [1.54, 1.807) is 18.4 Å². The lowest BCUT2D eigenvalue weighted by Crippen LogP contribution is -2.24. The minimum atomic E-state index is -0.459. The van der Waals surface area contributed by atoms with Crippen LogP contribution in [0.25, 0.3) is 0 Å². The largest absolute Gasteiger partial charge is 0.352 e. The van der Waals surface area contributed by atoms with Crippen molar-refractivity contribution in [2.75, 3.05) is 12.8 Å². The molecule has 0 fully saturated rings. The second-order valence-electron chi connectivity index (χ2n) is 4.11. The Labute approximate surface area is 116 Å². The Hall–Kier alpha value is -1.56. The van der Waals surface area contributed by atoms with E-state index in [1.807, 2.05) is 0 Å². The van der Waals surface area contributed by atoms with Crippen molar-refractivity contribution in [1.82, 2.24) is 5.32 Å². The maximum Gasteiger partial charge on any atom is 0.283 e. The normalized spacial score (nSPS) is 10.2. The standard InChI is InChI=1S/C13H18N2O3S/c1-3-4-5-8-14-13(16)10-6-7-12(19-2)11(9-10)15(17)18/h6-7,9H,3-5,8H2,1-2H3,(H,14,16). The third-order valence-corrected chi connectivity index (χ3v) is 3.49. The lowest BCUT2D eigenvalue weighted by atomic mass is 10.2. The van der Waals surface area contributed by atoms with E-state index < -0.39 is 4.92 Å². The van der Waals surface area contributed by atoms with E-state index in [1.165, 1.54) is 17.8 Å². The van der Waals surface area contributed by atoms with Gasteiger partial charge in [0.15, 0.2) is 0 Å². The number of benzene rings is 1. The van der Waals surface area contributed by atoms with Crippen molar-refractivity contribution in [3.63, 3.8) is 0 Å². The van der Waals surface area contributed by atoms with Gasteiger partial charge in [0.25, 0.3) is 11.6 Å². The van der Waals surface area contributed by atoms with Gasteiger partial charge in [0.1, 0.15) is 0 Å². The summed E-state index contributed by atoms with van der Waals surface area (Å²) in [6.45, 7) is 2.69. The van der Waals surface area contributed by atoms with E-state index in [2.05, 4.69) is 12.2 Å². The zero-order valence-electron chi connectivity index (χ0n) is 11.1. The number of hydrogen-bond acceptors (Lipinski definition) is 4. The smallest absolute Gasteiger partial charge is 0.283 e. The number of nitrogens with zero attached hydrogens (tertiary/aromatic N) is 1. The zero-order chi connectivity index (χ0) is 14.3. The predicted molar refractivity (Wildman–Crippen MR) is 76.7 cm³/mol. The van der Waals surface area contributed by atoms with Crippen LogP contribution in [0.1, 0.15) is 36.5 Å². The predicted octanol–water partition coefficient (Wildman–Crippen LogP) is 3.24. The van der Waals surface area contributed by atoms with Crippen LogP contribution >= 0.6 is 11.8 Å². The summed E-state index contributed by atoms with van der Waals surface area (Å²) in [6.07, 6.45) is 4.84. The van der Waals surface area contributed by atoms with Crippen LogP contribution in [0, 0.1) is 10.1 Å². The summed E-state index contributed by atoms with van der Waals surface area (Å²) in [6, 6.07) is 4.57. The van der Waals surface area contributed by atoms with Gasteiger partial charge in [-0.05, 0) is 24.8 Å². The third kappa shape index (κ3) is 4.55. The molecule has 1 rings (SSSR count). The van der Waals surface area contributed by atoms with E-state index in [0.29, 0.717) is 17.0 Å². The minimum absolute atomic E-state index is 0.0197. The molecule has 0 spiro atoms. The van der Waals surface area contributed by atoms with Crippen molar-refractivity contribution in [2.24, 2.45) is 0 Å². The fourth-order valence-corrected chi connectivity index (χ4v) is 2.20. The zero-order valence-corrected chi connectivity index (χ0v) is 12.0. The summed E-state index contributed by atoms with van der Waals surface area (Å²) in [5.41, 5.74) is 0.315. The van der Waals surface area contributed by atoms with Crippen LogP contribution in [0.15, 0.2) is 23.1 Å². The molecule has 1 amide bonds. The van der Waals surface area contributed by atoms with E-state index in [4.69, 9.17) is 0 Å². The van der Waals surface area contributed by atoms with Gasteiger partial charge in [-0.2, -0.15) is 0 Å². The number of nitro benzene ring substituents is 1. The van der Waals surface area contributed by atoms with Gasteiger partial charge < -0.3 is 5.32 Å². The minimum Gasteiger partial charge on any atom is -0.352 e. The number of carbonyl (C=O) groups is 1. The fraction of sp³-hybridized carbons (Fsp3) is 0.462. The maximum absolute atomic E-state index is 11.8. The molecule has 1 aromatic rings. The average molecular weight is 282 g/mol. The molecule has 0 aliphatic heterocycles. The van der Waals surface area contributed by atoms with Crippen molar-refractivity contribution in [3.8, 4) is 0 Å². The third-order valence-electron chi connectivity index (χ3n) is 2.70. The van der Waals surface area contributed by atoms with Gasteiger partial charge in [0.05, 0.1) is 9.82 Å². The lowest BCUT2D eigenvalue weighted by molar-refractivity contribution is -0.387. The van der Waals surface area contributed by atoms with Crippen molar-refractivity contribution in [3.05, 3.63) is 33.9 Å². The van der Waals surface area contributed by atoms with Crippen molar-refractivity contribution < 1.29 is 9.72 Å². The number of thioether (sulfide) groups is 1. The summed E-state index contributed by atoms with van der Waals surface area (Å²) >= 11 is 1.30. The Morgan fingerprint density at radius 2 is 2.16 bits per heavy atom. The molecule has 0 saturated carbocycles. The van der Waals surface area contributed by atoms with Crippen molar-refractivity contribution in [1.29, 1.82) is 0 Å². The molecule has 0 unspecified atom stereocenters. The monoisotopic (exact) mass is 282 g/mol. The number of nitrogens with one attached hydrogen (secondary N) is 1. The highest BCUT2D eigenvalue weighted by atomic mass is 32.2. The second-order valence-corrected chi connectivity index (χ2v) is 4.95. The van der Waals surface area contributed by atoms with Crippen LogP contribution in [0.3, 0.4) is 0 Å². The van der Waals surface area contributed by atoms with Crippen LogP contribution in [0.5, 0.6) is 0 Å². The van der Waals surface area contributed by atoms with Gasteiger partial charge in [-0.1, -0.05) is 19.8 Å². The highest BCUT2D eigenvalue weighted by molar-refractivity contribution is 7.98. The first-order valence-corrected chi connectivity index (χ1v) is 7.43. The van der Waals surface area contributed by atoms with E-state index in [0.717, 1.165) is 19.3 Å². The topological polar surface area (TPSA) is 72.2 Å². The first kappa shape index (κ1) is 15.5. The molecular formula is C13H18N2O3S. The summed E-state index contributed by atoms with van der Waals surface area (Å²) in [4.78, 5) is 22.9. The molecule has 0 bridgehead atoms. The Bertz CT molecular complexity index is 463. The molecule has 0 aromatic heterocycles. The number of carbonyl (C=O) groups excluding carboxylic acids is 1. The maximum atomic E-state index is 11.8. The SMILES string of the molecule is CCCCCNC(=O)c1ccc(SC)c([N+](=O)[O-])c1. The van der Waals surface area contributed by atoms with Gasteiger partial charge >= 0.3 is 0 Å². The molecule has 1 N–H and O–H groups in total. The van der Waals surface area contributed by atoms with Crippen LogP contribution < -0.4 is 5.32 Å². The molecule has 104 valence electrons. The average Bonchev–Trinajstić information content (AvgIpc) is 2.42. The van der Waals surface area contributed by atoms with E-state index >= 15 is 0 Å². The molecule has 19 heavy (non-hydrogen) atoms. The molecule has 0 aliphatic carbocycles. The Kier molecular flexibility index (Phi) is 6.35. The number of hydrogen-bond donors (Lipinski definition) is 1. The first-order chi connectivity index (χ1) is 9.10. The lowest BCUT2D eigenvalue weighted by Gasteiger charge is -2.06. The molecule has 5 nitrogen and oxygen atoms in total. The highest BCUT2D eigenvalue weighted by Crippen LogP contribution is 2.28. The molecule has 1 aromatic carbocycles. The van der Waals surface area contributed by atoms with Crippen molar-refractivity contribution >= 4 is 23.4 Å². The Morgan fingerprint density at radius 1 is 1.42 bits per heavy atom. The van der Waals surface area contributed by atoms with Crippen molar-refractivity contribution in [2.45, 2.75) is 31.1 Å². The van der Waals surface area contributed by atoms with E-state index in [9.17, 15) is 14.9 Å².